The molecule has 3 N–H and O–H groups in total. The van der Waals surface area contributed by atoms with Gasteiger partial charge in [-0.15, -0.1) is 0 Å². The molecular weight excluding hydrogens is 473 g/mol. The number of aromatic nitrogens is 4. The van der Waals surface area contributed by atoms with E-state index in [2.05, 4.69) is 42.3 Å². The van der Waals surface area contributed by atoms with Crippen LogP contribution in [0.2, 0.25) is 5.02 Å². The first-order valence-electron chi connectivity index (χ1n) is 10.9. The first kappa shape index (κ1) is 22.8. The molecule has 1 fully saturated rings. The van der Waals surface area contributed by atoms with Crippen LogP contribution in [0.3, 0.4) is 0 Å². The molecule has 0 radical (unpaired) electrons. The van der Waals surface area contributed by atoms with Crippen molar-refractivity contribution in [3.8, 4) is 11.3 Å². The molecule has 0 spiro atoms. The van der Waals surface area contributed by atoms with E-state index in [0.717, 1.165) is 24.9 Å². The van der Waals surface area contributed by atoms with Crippen LogP contribution in [-0.4, -0.2) is 52.4 Å². The van der Waals surface area contributed by atoms with Crippen LogP contribution in [0.4, 0.5) is 27.4 Å². The lowest BCUT2D eigenvalue weighted by molar-refractivity contribution is -0.111. The highest BCUT2D eigenvalue weighted by atomic mass is 35.5. The molecule has 11 heteroatoms. The zero-order valence-corrected chi connectivity index (χ0v) is 19.3. The van der Waals surface area contributed by atoms with E-state index in [0.29, 0.717) is 46.3 Å². The molecule has 1 aliphatic heterocycles. The van der Waals surface area contributed by atoms with Gasteiger partial charge in [0.1, 0.15) is 5.82 Å². The third-order valence-electron chi connectivity index (χ3n) is 5.54. The number of amides is 1. The minimum Gasteiger partial charge on any atom is -0.378 e. The number of rotatable bonds is 6. The van der Waals surface area contributed by atoms with E-state index >= 15 is 0 Å². The molecule has 0 saturated carbocycles. The number of aromatic amines is 1. The second-order valence-electron chi connectivity index (χ2n) is 7.81. The molecule has 3 heterocycles. The van der Waals surface area contributed by atoms with Gasteiger partial charge in [-0.3, -0.25) is 9.89 Å². The summed E-state index contributed by atoms with van der Waals surface area (Å²) in [6.45, 7) is 6.18. The van der Waals surface area contributed by atoms with E-state index < -0.39 is 11.7 Å². The maximum absolute atomic E-state index is 14.9. The van der Waals surface area contributed by atoms with Crippen LogP contribution >= 0.6 is 11.6 Å². The Morgan fingerprint density at radius 2 is 1.97 bits per heavy atom. The Morgan fingerprint density at radius 3 is 2.77 bits per heavy atom. The van der Waals surface area contributed by atoms with Gasteiger partial charge in [0.25, 0.3) is 0 Å². The summed E-state index contributed by atoms with van der Waals surface area (Å²) < 4.78 is 20.3. The molecule has 0 bridgehead atoms. The number of hydrogen-bond acceptors (Lipinski definition) is 7. The summed E-state index contributed by atoms with van der Waals surface area (Å²) in [5, 5.41) is 13.8. The first-order chi connectivity index (χ1) is 17.0. The van der Waals surface area contributed by atoms with Gasteiger partial charge in [-0.2, -0.15) is 10.1 Å². The van der Waals surface area contributed by atoms with Gasteiger partial charge in [-0.25, -0.2) is 9.37 Å². The molecule has 2 aromatic carbocycles. The van der Waals surface area contributed by atoms with E-state index in [1.165, 1.54) is 24.4 Å². The predicted molar refractivity (Wildman–Crippen MR) is 134 cm³/mol. The highest BCUT2D eigenvalue weighted by Gasteiger charge is 2.18. The van der Waals surface area contributed by atoms with Crippen LogP contribution in [0.1, 0.15) is 0 Å². The van der Waals surface area contributed by atoms with Crippen molar-refractivity contribution in [3.63, 3.8) is 0 Å². The van der Waals surface area contributed by atoms with Crippen molar-refractivity contribution in [2.75, 3.05) is 41.8 Å². The molecule has 4 aromatic rings. The number of anilines is 4. The van der Waals surface area contributed by atoms with E-state index in [1.807, 2.05) is 12.1 Å². The minimum atomic E-state index is -0.505. The fourth-order valence-corrected chi connectivity index (χ4v) is 4.08. The molecule has 0 aliphatic carbocycles. The monoisotopic (exact) mass is 493 g/mol. The molecule has 0 unspecified atom stereocenters. The second kappa shape index (κ2) is 9.69. The van der Waals surface area contributed by atoms with Crippen molar-refractivity contribution >= 4 is 51.6 Å². The summed E-state index contributed by atoms with van der Waals surface area (Å²) in [7, 11) is 0. The van der Waals surface area contributed by atoms with Crippen LogP contribution in [0.15, 0.2) is 55.3 Å². The number of halogens is 2. The van der Waals surface area contributed by atoms with E-state index in [-0.39, 0.29) is 11.5 Å². The average molecular weight is 494 g/mol. The largest absolute Gasteiger partial charge is 0.378 e. The van der Waals surface area contributed by atoms with Crippen molar-refractivity contribution in [1.29, 1.82) is 0 Å². The molecule has 9 nitrogen and oxygen atoms in total. The van der Waals surface area contributed by atoms with E-state index in [9.17, 15) is 9.18 Å². The highest BCUT2D eigenvalue weighted by molar-refractivity contribution is 6.33. The fourth-order valence-electron chi connectivity index (χ4n) is 3.84. The predicted octanol–water partition coefficient (Wildman–Crippen LogP) is 4.52. The van der Waals surface area contributed by atoms with Gasteiger partial charge < -0.3 is 20.3 Å². The SMILES string of the molecule is C=CC(=O)Nc1ccc(F)c(-c2nc(Nc3ccc(Cl)c(N4CCOCC4)c3)nc3[nH]ncc23)c1. The first-order valence-corrected chi connectivity index (χ1v) is 11.2. The quantitative estimate of drug-likeness (QED) is 0.339. The van der Waals surface area contributed by atoms with Crippen LogP contribution in [0.25, 0.3) is 22.3 Å². The molecule has 35 heavy (non-hydrogen) atoms. The number of hydrogen-bond donors (Lipinski definition) is 3. The normalized spacial score (nSPS) is 13.6. The Morgan fingerprint density at radius 1 is 1.17 bits per heavy atom. The number of ether oxygens (including phenoxy) is 1. The van der Waals surface area contributed by atoms with E-state index in [4.69, 9.17) is 16.3 Å². The second-order valence-corrected chi connectivity index (χ2v) is 8.21. The van der Waals surface area contributed by atoms with Crippen molar-refractivity contribution in [2.24, 2.45) is 0 Å². The van der Waals surface area contributed by atoms with Crippen LogP contribution in [-0.2, 0) is 9.53 Å². The maximum atomic E-state index is 14.9. The smallest absolute Gasteiger partial charge is 0.247 e. The van der Waals surface area contributed by atoms with Gasteiger partial charge in [-0.1, -0.05) is 18.2 Å². The molecule has 2 aromatic heterocycles. The van der Waals surface area contributed by atoms with Gasteiger partial charge in [0.05, 0.1) is 41.2 Å². The molecule has 1 saturated heterocycles. The zero-order valence-electron chi connectivity index (χ0n) is 18.5. The van der Waals surface area contributed by atoms with Crippen molar-refractivity contribution < 1.29 is 13.9 Å². The average Bonchev–Trinajstić information content (AvgIpc) is 3.35. The number of nitrogens with zero attached hydrogens (tertiary/aromatic N) is 4. The Kier molecular flexibility index (Phi) is 6.30. The third-order valence-corrected chi connectivity index (χ3v) is 5.86. The van der Waals surface area contributed by atoms with Crippen molar-refractivity contribution in [1.82, 2.24) is 20.2 Å². The summed E-state index contributed by atoms with van der Waals surface area (Å²) in [6, 6.07) is 9.78. The van der Waals surface area contributed by atoms with Gasteiger partial charge in [-0.05, 0) is 42.5 Å². The van der Waals surface area contributed by atoms with Gasteiger partial charge in [0.2, 0.25) is 11.9 Å². The summed E-state index contributed by atoms with van der Waals surface area (Å²) in [5.74, 6) is -0.665. The van der Waals surface area contributed by atoms with Gasteiger partial charge in [0.15, 0.2) is 5.65 Å². The van der Waals surface area contributed by atoms with E-state index in [1.54, 1.807) is 6.07 Å². The molecular formula is C24H21ClFN7O2. The number of benzene rings is 2. The van der Waals surface area contributed by atoms with Crippen LogP contribution < -0.4 is 15.5 Å². The highest BCUT2D eigenvalue weighted by Crippen LogP contribution is 2.33. The topological polar surface area (TPSA) is 108 Å². The number of nitrogens with one attached hydrogen (secondary N) is 3. The molecule has 0 atom stereocenters. The van der Waals surface area contributed by atoms with Gasteiger partial charge >= 0.3 is 0 Å². The Labute approximate surface area is 205 Å². The molecule has 5 rings (SSSR count). The van der Waals surface area contributed by atoms with Crippen LogP contribution in [0.5, 0.6) is 0 Å². The Hall–Kier alpha value is -4.02. The zero-order chi connectivity index (χ0) is 24.4. The number of H-pyrrole nitrogens is 1. The maximum Gasteiger partial charge on any atom is 0.247 e. The number of carbonyl (C=O) groups excluding carboxylic acids is 1. The molecule has 1 aliphatic rings. The fraction of sp³-hybridized carbons (Fsp3) is 0.167. The third kappa shape index (κ3) is 4.79. The number of morpholine rings is 1. The lowest BCUT2D eigenvalue weighted by Crippen LogP contribution is -2.36. The summed E-state index contributed by atoms with van der Waals surface area (Å²) in [6.07, 6.45) is 2.67. The van der Waals surface area contributed by atoms with Crippen molar-refractivity contribution in [2.45, 2.75) is 0 Å². The van der Waals surface area contributed by atoms with Gasteiger partial charge in [0, 0.05) is 30.0 Å². The molecule has 178 valence electrons. The standard InChI is InChI=1S/C24H21ClFN7O2/c1-2-21(34)28-14-4-6-19(26)16(11-14)22-17-13-27-32-23(17)31-24(30-22)29-15-3-5-18(25)20(12-15)33-7-9-35-10-8-33/h2-6,11-13H,1,7-10H2,(H,28,34)(H2,27,29,30,31,32). The minimum absolute atomic E-state index is 0.189. The van der Waals surface area contributed by atoms with Crippen molar-refractivity contribution in [3.05, 3.63) is 66.1 Å². The van der Waals surface area contributed by atoms with Crippen LogP contribution in [0, 0.1) is 5.82 Å². The summed E-state index contributed by atoms with van der Waals surface area (Å²) in [5.41, 5.74) is 2.94. The summed E-state index contributed by atoms with van der Waals surface area (Å²) >= 11 is 6.45. The Balaban J connectivity index is 1.52. The number of carbonyl (C=O) groups is 1. The number of fused-ring (bicyclic) bond motifs is 1. The lowest BCUT2D eigenvalue weighted by atomic mass is 10.1. The Bertz CT molecular complexity index is 1420. The summed E-state index contributed by atoms with van der Waals surface area (Å²) in [4.78, 5) is 22.9. The molecule has 1 amide bonds. The lowest BCUT2D eigenvalue weighted by Gasteiger charge is -2.29.